The molecule has 2 aromatic rings. The Morgan fingerprint density at radius 1 is 1.19 bits per heavy atom. The highest BCUT2D eigenvalue weighted by molar-refractivity contribution is 9.10. The van der Waals surface area contributed by atoms with E-state index >= 15 is 0 Å². The molecule has 0 saturated carbocycles. The van der Waals surface area contributed by atoms with Crippen LogP contribution in [-0.4, -0.2) is 23.9 Å². The number of nitrogens with zero attached hydrogens (tertiary/aromatic N) is 1. The van der Waals surface area contributed by atoms with Crippen LogP contribution in [0.1, 0.15) is 24.0 Å². The Hall–Kier alpha value is -1.86. The molecule has 0 radical (unpaired) electrons. The first-order chi connectivity index (χ1) is 12.8. The van der Waals surface area contributed by atoms with Crippen LogP contribution in [0.2, 0.25) is 0 Å². The molecule has 0 spiro atoms. The highest BCUT2D eigenvalue weighted by atomic mass is 79.9. The van der Waals surface area contributed by atoms with E-state index in [0.717, 1.165) is 48.1 Å². The predicted octanol–water partition coefficient (Wildman–Crippen LogP) is 5.32. The standard InChI is InChI=1S/C20H20BrF3N2O/c21-17-7-1-4-14(10-17)12-26-9-3-5-15(13-26)19(27)25-18-8-2-6-16(11-18)20(22,23)24/h1-2,4,6-8,10-11,15H,3,5,9,12-13H2,(H,25,27). The first-order valence-electron chi connectivity index (χ1n) is 8.76. The number of hydrogen-bond donors (Lipinski definition) is 1. The third kappa shape index (κ3) is 5.56. The van der Waals surface area contributed by atoms with Crippen LogP contribution in [-0.2, 0) is 17.5 Å². The smallest absolute Gasteiger partial charge is 0.326 e. The van der Waals surface area contributed by atoms with Gasteiger partial charge in [0.15, 0.2) is 0 Å². The van der Waals surface area contributed by atoms with E-state index in [1.165, 1.54) is 12.1 Å². The monoisotopic (exact) mass is 440 g/mol. The molecule has 0 aliphatic carbocycles. The number of piperidine rings is 1. The van der Waals surface area contributed by atoms with Gasteiger partial charge in [-0.15, -0.1) is 0 Å². The molecule has 1 fully saturated rings. The van der Waals surface area contributed by atoms with E-state index in [1.54, 1.807) is 0 Å². The van der Waals surface area contributed by atoms with Gasteiger partial charge in [-0.3, -0.25) is 9.69 Å². The van der Waals surface area contributed by atoms with Crippen molar-refractivity contribution in [2.24, 2.45) is 5.92 Å². The van der Waals surface area contributed by atoms with Gasteiger partial charge in [0.25, 0.3) is 0 Å². The molecular formula is C20H20BrF3N2O. The van der Waals surface area contributed by atoms with Crippen molar-refractivity contribution < 1.29 is 18.0 Å². The van der Waals surface area contributed by atoms with Gasteiger partial charge in [0.05, 0.1) is 11.5 Å². The molecule has 1 aliphatic rings. The average Bonchev–Trinajstić information content (AvgIpc) is 2.61. The zero-order chi connectivity index (χ0) is 19.4. The number of amides is 1. The molecule has 1 aliphatic heterocycles. The first-order valence-corrected chi connectivity index (χ1v) is 9.55. The molecule has 1 N–H and O–H groups in total. The fourth-order valence-corrected chi connectivity index (χ4v) is 3.77. The molecule has 144 valence electrons. The largest absolute Gasteiger partial charge is 0.416 e. The molecule has 3 rings (SSSR count). The van der Waals surface area contributed by atoms with Gasteiger partial charge >= 0.3 is 6.18 Å². The van der Waals surface area contributed by atoms with E-state index in [9.17, 15) is 18.0 Å². The Bertz CT molecular complexity index is 810. The fourth-order valence-electron chi connectivity index (χ4n) is 3.32. The van der Waals surface area contributed by atoms with Crippen molar-refractivity contribution >= 4 is 27.5 Å². The second kappa shape index (κ2) is 8.44. The molecule has 2 aromatic carbocycles. The van der Waals surface area contributed by atoms with Crippen LogP contribution in [0.4, 0.5) is 18.9 Å². The average molecular weight is 441 g/mol. The van der Waals surface area contributed by atoms with E-state index < -0.39 is 11.7 Å². The summed E-state index contributed by atoms with van der Waals surface area (Å²) in [7, 11) is 0. The maximum absolute atomic E-state index is 12.8. The Morgan fingerprint density at radius 3 is 2.70 bits per heavy atom. The van der Waals surface area contributed by atoms with Crippen LogP contribution in [0, 0.1) is 5.92 Å². The quantitative estimate of drug-likeness (QED) is 0.697. The second-order valence-electron chi connectivity index (χ2n) is 6.77. The third-order valence-corrected chi connectivity index (χ3v) is 5.12. The molecule has 1 unspecified atom stereocenters. The van der Waals surface area contributed by atoms with Crippen molar-refractivity contribution in [3.63, 3.8) is 0 Å². The summed E-state index contributed by atoms with van der Waals surface area (Å²) in [4.78, 5) is 14.8. The van der Waals surface area contributed by atoms with Crippen molar-refractivity contribution in [1.29, 1.82) is 0 Å². The molecule has 1 amide bonds. The van der Waals surface area contributed by atoms with Gasteiger partial charge in [-0.1, -0.05) is 34.1 Å². The highest BCUT2D eigenvalue weighted by Crippen LogP contribution is 2.31. The van der Waals surface area contributed by atoms with E-state index in [0.29, 0.717) is 6.54 Å². The Morgan fingerprint density at radius 2 is 1.96 bits per heavy atom. The molecule has 7 heteroatoms. The van der Waals surface area contributed by atoms with E-state index in [2.05, 4.69) is 26.1 Å². The van der Waals surface area contributed by atoms with Crippen LogP contribution in [0.15, 0.2) is 53.0 Å². The summed E-state index contributed by atoms with van der Waals surface area (Å²) in [6.45, 7) is 2.24. The highest BCUT2D eigenvalue weighted by Gasteiger charge is 2.31. The maximum Gasteiger partial charge on any atom is 0.416 e. The molecule has 27 heavy (non-hydrogen) atoms. The number of hydrogen-bond acceptors (Lipinski definition) is 2. The van der Waals surface area contributed by atoms with Crippen LogP contribution >= 0.6 is 15.9 Å². The second-order valence-corrected chi connectivity index (χ2v) is 7.69. The van der Waals surface area contributed by atoms with Gasteiger partial charge in [-0.25, -0.2) is 0 Å². The van der Waals surface area contributed by atoms with Crippen molar-refractivity contribution in [2.75, 3.05) is 18.4 Å². The first kappa shape index (κ1) is 19.9. The molecular weight excluding hydrogens is 421 g/mol. The lowest BCUT2D eigenvalue weighted by Gasteiger charge is -2.32. The summed E-state index contributed by atoms with van der Waals surface area (Å²) in [5, 5.41) is 2.64. The van der Waals surface area contributed by atoms with Crippen molar-refractivity contribution in [2.45, 2.75) is 25.6 Å². The number of halogens is 4. The van der Waals surface area contributed by atoms with Crippen LogP contribution < -0.4 is 5.32 Å². The summed E-state index contributed by atoms with van der Waals surface area (Å²) in [6, 6.07) is 12.8. The minimum atomic E-state index is -4.42. The summed E-state index contributed by atoms with van der Waals surface area (Å²) >= 11 is 3.46. The Labute approximate surface area is 164 Å². The number of carbonyl (C=O) groups is 1. The number of rotatable bonds is 4. The number of anilines is 1. The van der Waals surface area contributed by atoms with E-state index in [1.807, 2.05) is 24.3 Å². The molecule has 0 bridgehead atoms. The lowest BCUT2D eigenvalue weighted by Crippen LogP contribution is -2.40. The third-order valence-electron chi connectivity index (χ3n) is 4.63. The summed E-state index contributed by atoms with van der Waals surface area (Å²) in [6.07, 6.45) is -2.80. The van der Waals surface area contributed by atoms with Crippen LogP contribution in [0.5, 0.6) is 0 Å². The minimum Gasteiger partial charge on any atom is -0.326 e. The summed E-state index contributed by atoms with van der Waals surface area (Å²) in [5.74, 6) is -0.464. The lowest BCUT2D eigenvalue weighted by molar-refractivity contribution is -0.137. The zero-order valence-electron chi connectivity index (χ0n) is 14.6. The lowest BCUT2D eigenvalue weighted by atomic mass is 9.96. The normalized spacial score (nSPS) is 18.3. The van der Waals surface area contributed by atoms with E-state index in [4.69, 9.17) is 0 Å². The number of alkyl halides is 3. The SMILES string of the molecule is O=C(Nc1cccc(C(F)(F)F)c1)C1CCCN(Cc2cccc(Br)c2)C1. The van der Waals surface area contributed by atoms with E-state index in [-0.39, 0.29) is 17.5 Å². The van der Waals surface area contributed by atoms with Gasteiger partial charge in [0, 0.05) is 23.2 Å². The topological polar surface area (TPSA) is 32.3 Å². The van der Waals surface area contributed by atoms with Gasteiger partial charge in [-0.05, 0) is 55.3 Å². The molecule has 1 heterocycles. The Kier molecular flexibility index (Phi) is 6.22. The molecule has 1 atom stereocenters. The van der Waals surface area contributed by atoms with Crippen molar-refractivity contribution in [1.82, 2.24) is 4.90 Å². The van der Waals surface area contributed by atoms with Gasteiger partial charge in [-0.2, -0.15) is 13.2 Å². The molecule has 0 aromatic heterocycles. The maximum atomic E-state index is 12.8. The zero-order valence-corrected chi connectivity index (χ0v) is 16.2. The van der Waals surface area contributed by atoms with Crippen molar-refractivity contribution in [3.05, 3.63) is 64.1 Å². The number of nitrogens with one attached hydrogen (secondary N) is 1. The number of benzene rings is 2. The minimum absolute atomic E-state index is 0.180. The number of carbonyl (C=O) groups excluding carboxylic acids is 1. The Balaban J connectivity index is 1.61. The van der Waals surface area contributed by atoms with Crippen molar-refractivity contribution in [3.8, 4) is 0 Å². The predicted molar refractivity (Wildman–Crippen MR) is 102 cm³/mol. The fraction of sp³-hybridized carbons (Fsp3) is 0.350. The van der Waals surface area contributed by atoms with Crippen LogP contribution in [0.3, 0.4) is 0 Å². The summed E-state index contributed by atoms with van der Waals surface area (Å²) in [5.41, 5.74) is 0.572. The van der Waals surface area contributed by atoms with Gasteiger partial charge in [0.2, 0.25) is 5.91 Å². The molecule has 1 saturated heterocycles. The van der Waals surface area contributed by atoms with Gasteiger partial charge in [0.1, 0.15) is 0 Å². The summed E-state index contributed by atoms with van der Waals surface area (Å²) < 4.78 is 39.5. The van der Waals surface area contributed by atoms with Gasteiger partial charge < -0.3 is 5.32 Å². The van der Waals surface area contributed by atoms with Crippen LogP contribution in [0.25, 0.3) is 0 Å². The number of likely N-dealkylation sites (tertiary alicyclic amines) is 1. The molecule has 3 nitrogen and oxygen atoms in total.